The Bertz CT molecular complexity index is 531. The molecule has 5 nitrogen and oxygen atoms in total. The Labute approximate surface area is 136 Å². The van der Waals surface area contributed by atoms with Gasteiger partial charge in [0, 0.05) is 31.7 Å². The summed E-state index contributed by atoms with van der Waals surface area (Å²) in [6.07, 6.45) is 0.450. The highest BCUT2D eigenvalue weighted by Crippen LogP contribution is 2.14. The number of benzene rings is 1. The third-order valence-corrected chi connectivity index (χ3v) is 3.44. The number of halogens is 1. The molecule has 0 radical (unpaired) electrons. The number of amides is 1. The van der Waals surface area contributed by atoms with Crippen LogP contribution in [0, 0.1) is 5.82 Å². The summed E-state index contributed by atoms with van der Waals surface area (Å²) >= 11 is 0. The zero-order valence-corrected chi connectivity index (χ0v) is 14.0. The number of nitrogens with one attached hydrogen (secondary N) is 1. The molecule has 23 heavy (non-hydrogen) atoms. The van der Waals surface area contributed by atoms with Gasteiger partial charge in [0.2, 0.25) is 0 Å². The molecule has 128 valence electrons. The van der Waals surface area contributed by atoms with E-state index < -0.39 is 5.60 Å². The molecule has 1 aliphatic heterocycles. The third-order valence-electron chi connectivity index (χ3n) is 3.44. The van der Waals surface area contributed by atoms with Crippen molar-refractivity contribution in [3.8, 4) is 5.75 Å². The lowest BCUT2D eigenvalue weighted by atomic mass is 10.1. The lowest BCUT2D eigenvalue weighted by Crippen LogP contribution is -2.53. The van der Waals surface area contributed by atoms with Gasteiger partial charge in [0.15, 0.2) is 0 Å². The number of hydrogen-bond acceptors (Lipinski definition) is 4. The monoisotopic (exact) mass is 324 g/mol. The molecule has 1 amide bonds. The van der Waals surface area contributed by atoms with Crippen LogP contribution in [-0.4, -0.2) is 48.9 Å². The van der Waals surface area contributed by atoms with Crippen LogP contribution in [0.1, 0.15) is 27.2 Å². The second-order valence-corrected chi connectivity index (χ2v) is 6.67. The van der Waals surface area contributed by atoms with Gasteiger partial charge in [0.25, 0.3) is 0 Å². The van der Waals surface area contributed by atoms with E-state index in [0.717, 1.165) is 13.0 Å². The van der Waals surface area contributed by atoms with Gasteiger partial charge in [-0.3, -0.25) is 0 Å². The van der Waals surface area contributed by atoms with Crippen molar-refractivity contribution in [1.29, 1.82) is 0 Å². The van der Waals surface area contributed by atoms with Crippen molar-refractivity contribution >= 4 is 6.09 Å². The zero-order chi connectivity index (χ0) is 16.9. The molecule has 1 atom stereocenters. The van der Waals surface area contributed by atoms with Crippen LogP contribution < -0.4 is 10.1 Å². The quantitative estimate of drug-likeness (QED) is 0.925. The van der Waals surface area contributed by atoms with Gasteiger partial charge in [0.05, 0.1) is 6.61 Å². The Balaban J connectivity index is 1.76. The van der Waals surface area contributed by atoms with E-state index >= 15 is 0 Å². The largest absolute Gasteiger partial charge is 0.493 e. The Morgan fingerprint density at radius 1 is 1.43 bits per heavy atom. The summed E-state index contributed by atoms with van der Waals surface area (Å²) in [4.78, 5) is 13.8. The molecule has 1 heterocycles. The maximum atomic E-state index is 13.1. The van der Waals surface area contributed by atoms with Crippen molar-refractivity contribution in [3.05, 3.63) is 30.1 Å². The number of nitrogens with zero attached hydrogens (tertiary/aromatic N) is 1. The molecule has 1 unspecified atom stereocenters. The van der Waals surface area contributed by atoms with Gasteiger partial charge in [-0.25, -0.2) is 9.18 Å². The fraction of sp³-hybridized carbons (Fsp3) is 0.588. The average molecular weight is 324 g/mol. The fourth-order valence-electron chi connectivity index (χ4n) is 2.39. The van der Waals surface area contributed by atoms with Gasteiger partial charge in [-0.1, -0.05) is 6.07 Å². The fourth-order valence-corrected chi connectivity index (χ4v) is 2.39. The highest BCUT2D eigenvalue weighted by atomic mass is 19.1. The van der Waals surface area contributed by atoms with Crippen molar-refractivity contribution in [3.63, 3.8) is 0 Å². The van der Waals surface area contributed by atoms with Crippen molar-refractivity contribution in [1.82, 2.24) is 10.2 Å². The Hall–Kier alpha value is -1.82. The van der Waals surface area contributed by atoms with Crippen LogP contribution >= 0.6 is 0 Å². The van der Waals surface area contributed by atoms with Crippen molar-refractivity contribution in [2.45, 2.75) is 38.8 Å². The minimum atomic E-state index is -0.488. The van der Waals surface area contributed by atoms with Crippen molar-refractivity contribution in [2.24, 2.45) is 0 Å². The molecule has 1 aromatic rings. The average Bonchev–Trinajstić information content (AvgIpc) is 2.46. The Kier molecular flexibility index (Phi) is 5.82. The van der Waals surface area contributed by atoms with E-state index in [-0.39, 0.29) is 18.0 Å². The van der Waals surface area contributed by atoms with Gasteiger partial charge in [0.1, 0.15) is 17.2 Å². The second kappa shape index (κ2) is 7.64. The lowest BCUT2D eigenvalue weighted by Gasteiger charge is -2.34. The van der Waals surface area contributed by atoms with Gasteiger partial charge in [-0.15, -0.1) is 0 Å². The van der Waals surface area contributed by atoms with Crippen LogP contribution in [0.4, 0.5) is 9.18 Å². The molecule has 1 aromatic carbocycles. The van der Waals surface area contributed by atoms with Crippen LogP contribution in [0.15, 0.2) is 24.3 Å². The van der Waals surface area contributed by atoms with E-state index in [4.69, 9.17) is 9.47 Å². The highest BCUT2D eigenvalue weighted by molar-refractivity contribution is 5.68. The minimum Gasteiger partial charge on any atom is -0.493 e. The van der Waals surface area contributed by atoms with Crippen LogP contribution in [-0.2, 0) is 4.74 Å². The van der Waals surface area contributed by atoms with E-state index in [1.54, 1.807) is 17.0 Å². The molecule has 0 aromatic heterocycles. The maximum absolute atomic E-state index is 13.1. The van der Waals surface area contributed by atoms with Crippen LogP contribution in [0.25, 0.3) is 0 Å². The van der Waals surface area contributed by atoms with E-state index in [0.29, 0.717) is 25.4 Å². The molecule has 2 rings (SSSR count). The lowest BCUT2D eigenvalue weighted by molar-refractivity contribution is 0.0188. The summed E-state index contributed by atoms with van der Waals surface area (Å²) in [6, 6.07) is 6.23. The smallest absolute Gasteiger partial charge is 0.410 e. The molecule has 6 heteroatoms. The first-order valence-electron chi connectivity index (χ1n) is 7.93. The topological polar surface area (TPSA) is 50.8 Å². The summed E-state index contributed by atoms with van der Waals surface area (Å²) in [5, 5.41) is 3.36. The molecular weight excluding hydrogens is 299 g/mol. The molecule has 0 bridgehead atoms. The molecule has 0 spiro atoms. The standard InChI is InChI=1S/C17H25FN2O3/c1-17(2,3)23-16(21)20-9-8-19-14(12-20)7-10-22-15-6-4-5-13(18)11-15/h4-6,11,14,19H,7-10,12H2,1-3H3. The predicted octanol–water partition coefficient (Wildman–Crippen LogP) is 2.80. The number of piperazine rings is 1. The van der Waals surface area contributed by atoms with Gasteiger partial charge >= 0.3 is 6.09 Å². The SMILES string of the molecule is CC(C)(C)OC(=O)N1CCNC(CCOc2cccc(F)c2)C1. The first-order chi connectivity index (χ1) is 10.8. The van der Waals surface area contributed by atoms with Crippen LogP contribution in [0.5, 0.6) is 5.75 Å². The predicted molar refractivity (Wildman–Crippen MR) is 86.1 cm³/mol. The molecule has 0 aliphatic carbocycles. The molecule has 1 fully saturated rings. The molecule has 0 saturated carbocycles. The van der Waals surface area contributed by atoms with Crippen molar-refractivity contribution < 1.29 is 18.7 Å². The molecule has 1 saturated heterocycles. The summed E-state index contributed by atoms with van der Waals surface area (Å²) < 4.78 is 24.0. The van der Waals surface area contributed by atoms with E-state index in [1.807, 2.05) is 20.8 Å². The summed E-state index contributed by atoms with van der Waals surface area (Å²) in [7, 11) is 0. The molecular formula is C17H25FN2O3. The maximum Gasteiger partial charge on any atom is 0.410 e. The van der Waals surface area contributed by atoms with Crippen molar-refractivity contribution in [2.75, 3.05) is 26.2 Å². The zero-order valence-electron chi connectivity index (χ0n) is 14.0. The number of rotatable bonds is 4. The third kappa shape index (κ3) is 6.06. The van der Waals surface area contributed by atoms with Gasteiger partial charge in [-0.2, -0.15) is 0 Å². The Morgan fingerprint density at radius 2 is 2.22 bits per heavy atom. The summed E-state index contributed by atoms with van der Waals surface area (Å²) in [5.41, 5.74) is -0.488. The van der Waals surface area contributed by atoms with Gasteiger partial charge in [-0.05, 0) is 39.3 Å². The minimum absolute atomic E-state index is 0.143. The van der Waals surface area contributed by atoms with Crippen LogP contribution in [0.2, 0.25) is 0 Å². The number of ether oxygens (including phenoxy) is 2. The van der Waals surface area contributed by atoms with E-state index in [1.165, 1.54) is 12.1 Å². The summed E-state index contributed by atoms with van der Waals surface area (Å²) in [6.45, 7) is 7.98. The normalized spacial score (nSPS) is 18.6. The Morgan fingerprint density at radius 3 is 2.91 bits per heavy atom. The first-order valence-corrected chi connectivity index (χ1v) is 7.93. The van der Waals surface area contributed by atoms with Crippen LogP contribution in [0.3, 0.4) is 0 Å². The van der Waals surface area contributed by atoms with E-state index in [9.17, 15) is 9.18 Å². The highest BCUT2D eigenvalue weighted by Gasteiger charge is 2.27. The first kappa shape index (κ1) is 17.5. The summed E-state index contributed by atoms with van der Waals surface area (Å²) in [5.74, 6) is 0.208. The number of carbonyl (C=O) groups is 1. The van der Waals surface area contributed by atoms with E-state index in [2.05, 4.69) is 5.32 Å². The molecule has 1 N–H and O–H groups in total. The number of hydrogen-bond donors (Lipinski definition) is 1. The molecule has 1 aliphatic rings. The second-order valence-electron chi connectivity index (χ2n) is 6.67. The number of carbonyl (C=O) groups excluding carboxylic acids is 1. The van der Waals surface area contributed by atoms with Gasteiger partial charge < -0.3 is 19.7 Å².